The van der Waals surface area contributed by atoms with Crippen LogP contribution in [0.15, 0.2) is 42.5 Å². The van der Waals surface area contributed by atoms with E-state index in [0.29, 0.717) is 30.5 Å². The van der Waals surface area contributed by atoms with Crippen LogP contribution < -0.4 is 5.32 Å². The molecule has 6 nitrogen and oxygen atoms in total. The van der Waals surface area contributed by atoms with Crippen molar-refractivity contribution < 1.29 is 24.9 Å². The second-order valence-electron chi connectivity index (χ2n) is 6.97. The number of ether oxygens (including phenoxy) is 1. The van der Waals surface area contributed by atoms with Crippen LogP contribution in [0.5, 0.6) is 5.75 Å². The van der Waals surface area contributed by atoms with Crippen LogP contribution in [0.2, 0.25) is 0 Å². The van der Waals surface area contributed by atoms with Crippen LogP contribution in [0.1, 0.15) is 41.7 Å². The number of aromatic hydroxyl groups is 1. The molecular formula is C22H29NO5. The molecule has 0 aromatic heterocycles. The Kier molecular flexibility index (Phi) is 8.44. The molecule has 0 aliphatic rings. The van der Waals surface area contributed by atoms with Crippen molar-refractivity contribution in [1.82, 2.24) is 5.32 Å². The van der Waals surface area contributed by atoms with E-state index in [-0.39, 0.29) is 24.4 Å². The summed E-state index contributed by atoms with van der Waals surface area (Å²) in [5, 5.41) is 32.5. The average molecular weight is 387 g/mol. The second kappa shape index (κ2) is 10.8. The van der Waals surface area contributed by atoms with Crippen LogP contribution in [0, 0.1) is 0 Å². The predicted octanol–water partition coefficient (Wildman–Crippen LogP) is 2.24. The van der Waals surface area contributed by atoms with E-state index in [9.17, 15) is 20.1 Å². The first-order valence-corrected chi connectivity index (χ1v) is 9.41. The smallest absolute Gasteiger partial charge is 0.305 e. The topological polar surface area (TPSA) is 99.0 Å². The maximum absolute atomic E-state index is 11.3. The molecule has 2 atom stereocenters. The van der Waals surface area contributed by atoms with Gasteiger partial charge in [0.2, 0.25) is 0 Å². The molecule has 2 rings (SSSR count). The molecule has 6 heteroatoms. The highest BCUT2D eigenvalue weighted by molar-refractivity contribution is 5.69. The number of nitrogens with one attached hydrogen (secondary N) is 1. The van der Waals surface area contributed by atoms with Crippen LogP contribution >= 0.6 is 0 Å². The zero-order chi connectivity index (χ0) is 20.5. The van der Waals surface area contributed by atoms with Crippen LogP contribution in [-0.4, -0.2) is 41.0 Å². The third-order valence-corrected chi connectivity index (χ3v) is 4.70. The molecule has 2 aromatic carbocycles. The summed E-state index contributed by atoms with van der Waals surface area (Å²) in [4.78, 5) is 11.3. The number of aliphatic hydroxyl groups excluding tert-OH is 2. The van der Waals surface area contributed by atoms with Gasteiger partial charge < -0.3 is 25.4 Å². The lowest BCUT2D eigenvalue weighted by Gasteiger charge is -2.18. The van der Waals surface area contributed by atoms with E-state index < -0.39 is 6.10 Å². The normalized spacial score (nSPS) is 13.1. The van der Waals surface area contributed by atoms with Gasteiger partial charge in [-0.25, -0.2) is 0 Å². The highest BCUT2D eigenvalue weighted by Gasteiger charge is 2.12. The van der Waals surface area contributed by atoms with Crippen LogP contribution in [0.4, 0.5) is 0 Å². The van der Waals surface area contributed by atoms with E-state index >= 15 is 0 Å². The molecule has 152 valence electrons. The first-order chi connectivity index (χ1) is 13.4. The third-order valence-electron chi connectivity index (χ3n) is 4.70. The van der Waals surface area contributed by atoms with E-state index in [1.54, 1.807) is 12.1 Å². The molecule has 0 saturated heterocycles. The molecule has 0 radical (unpaired) electrons. The van der Waals surface area contributed by atoms with Gasteiger partial charge in [-0.3, -0.25) is 4.79 Å². The fraction of sp³-hybridized carbons (Fsp3) is 0.409. The number of carbonyl (C=O) groups is 1. The molecule has 0 saturated carbocycles. The summed E-state index contributed by atoms with van der Waals surface area (Å²) < 4.78 is 4.68. The number of rotatable bonds is 10. The van der Waals surface area contributed by atoms with E-state index in [1.165, 1.54) is 13.2 Å². The van der Waals surface area contributed by atoms with Crippen molar-refractivity contribution in [1.29, 1.82) is 0 Å². The first-order valence-electron chi connectivity index (χ1n) is 9.41. The summed E-state index contributed by atoms with van der Waals surface area (Å²) in [7, 11) is 1.39. The summed E-state index contributed by atoms with van der Waals surface area (Å²) in [5.41, 5.74) is 3.29. The van der Waals surface area contributed by atoms with Gasteiger partial charge in [0, 0.05) is 24.6 Å². The standard InChI is InChI=1S/C22H29NO5/c1-15(10-17-5-3-4-16(11-17)6-9-22(27)28-2)23-13-21(26)18-7-8-20(25)19(12-18)14-24/h3-5,7-8,11-12,15,21,23-26H,6,9-10,13-14H2,1-2H3/t15-,21+/m1/s1. The number of esters is 1. The number of hydrogen-bond acceptors (Lipinski definition) is 6. The molecule has 0 fully saturated rings. The van der Waals surface area contributed by atoms with E-state index in [1.807, 2.05) is 25.1 Å². The largest absolute Gasteiger partial charge is 0.508 e. The lowest BCUT2D eigenvalue weighted by molar-refractivity contribution is -0.140. The van der Waals surface area contributed by atoms with Gasteiger partial charge >= 0.3 is 5.97 Å². The van der Waals surface area contributed by atoms with Crippen molar-refractivity contribution in [2.24, 2.45) is 0 Å². The number of aliphatic hydroxyl groups is 2. The Hall–Kier alpha value is -2.41. The molecule has 0 heterocycles. The van der Waals surface area contributed by atoms with Gasteiger partial charge in [-0.2, -0.15) is 0 Å². The zero-order valence-electron chi connectivity index (χ0n) is 16.4. The molecule has 28 heavy (non-hydrogen) atoms. The Morgan fingerprint density at radius 1 is 1.18 bits per heavy atom. The molecule has 0 spiro atoms. The lowest BCUT2D eigenvalue weighted by Crippen LogP contribution is -2.32. The van der Waals surface area contributed by atoms with Crippen LogP contribution in [-0.2, 0) is 29.0 Å². The SMILES string of the molecule is COC(=O)CCc1cccc(C[C@@H](C)NC[C@H](O)c2ccc(O)c(CO)c2)c1. The molecule has 2 aromatic rings. The van der Waals surface area contributed by atoms with Crippen LogP contribution in [0.3, 0.4) is 0 Å². The molecular weight excluding hydrogens is 358 g/mol. The van der Waals surface area contributed by atoms with Gasteiger partial charge in [0.1, 0.15) is 5.75 Å². The Labute approximate surface area is 165 Å². The van der Waals surface area contributed by atoms with Crippen molar-refractivity contribution in [3.05, 3.63) is 64.7 Å². The van der Waals surface area contributed by atoms with E-state index in [2.05, 4.69) is 16.1 Å². The molecule has 0 aliphatic heterocycles. The Bertz CT molecular complexity index is 777. The van der Waals surface area contributed by atoms with Crippen LogP contribution in [0.25, 0.3) is 0 Å². The first kappa shape index (κ1) is 21.9. The van der Waals surface area contributed by atoms with Crippen molar-refractivity contribution in [2.75, 3.05) is 13.7 Å². The highest BCUT2D eigenvalue weighted by atomic mass is 16.5. The quantitative estimate of drug-likeness (QED) is 0.467. The van der Waals surface area contributed by atoms with Crippen molar-refractivity contribution >= 4 is 5.97 Å². The number of hydrogen-bond donors (Lipinski definition) is 4. The molecule has 0 aliphatic carbocycles. The fourth-order valence-corrected chi connectivity index (χ4v) is 3.06. The number of aryl methyl sites for hydroxylation is 1. The van der Waals surface area contributed by atoms with Crippen molar-refractivity contribution in [3.8, 4) is 5.75 Å². The predicted molar refractivity (Wildman–Crippen MR) is 107 cm³/mol. The highest BCUT2D eigenvalue weighted by Crippen LogP contribution is 2.22. The molecule has 0 bridgehead atoms. The zero-order valence-corrected chi connectivity index (χ0v) is 16.4. The summed E-state index contributed by atoms with van der Waals surface area (Å²) in [6.45, 7) is 2.13. The van der Waals surface area contributed by atoms with Gasteiger partial charge in [-0.1, -0.05) is 30.3 Å². The lowest BCUT2D eigenvalue weighted by atomic mass is 10.0. The minimum absolute atomic E-state index is 0.0202. The summed E-state index contributed by atoms with van der Waals surface area (Å²) in [6, 6.07) is 13.0. The van der Waals surface area contributed by atoms with Gasteiger partial charge in [0.25, 0.3) is 0 Å². The van der Waals surface area contributed by atoms with Gasteiger partial charge in [-0.15, -0.1) is 0 Å². The maximum atomic E-state index is 11.3. The molecule has 0 amide bonds. The number of methoxy groups -OCH3 is 1. The summed E-state index contributed by atoms with van der Waals surface area (Å²) in [5.74, 6) is -0.195. The number of phenols is 1. The maximum Gasteiger partial charge on any atom is 0.305 e. The van der Waals surface area contributed by atoms with Gasteiger partial charge in [-0.05, 0) is 48.6 Å². The van der Waals surface area contributed by atoms with Gasteiger partial charge in [0.15, 0.2) is 0 Å². The number of carbonyl (C=O) groups excluding carboxylic acids is 1. The van der Waals surface area contributed by atoms with E-state index in [4.69, 9.17) is 0 Å². The Morgan fingerprint density at radius 2 is 1.93 bits per heavy atom. The summed E-state index contributed by atoms with van der Waals surface area (Å²) >= 11 is 0. The Balaban J connectivity index is 1.86. The Morgan fingerprint density at radius 3 is 2.64 bits per heavy atom. The number of benzene rings is 2. The fourth-order valence-electron chi connectivity index (χ4n) is 3.06. The second-order valence-corrected chi connectivity index (χ2v) is 6.97. The summed E-state index contributed by atoms with van der Waals surface area (Å²) in [6.07, 6.45) is 1.06. The monoisotopic (exact) mass is 387 g/mol. The van der Waals surface area contributed by atoms with E-state index in [0.717, 1.165) is 17.5 Å². The minimum Gasteiger partial charge on any atom is -0.508 e. The van der Waals surface area contributed by atoms with Crippen molar-refractivity contribution in [2.45, 2.75) is 44.9 Å². The minimum atomic E-state index is -0.736. The third kappa shape index (κ3) is 6.64. The molecule has 4 N–H and O–H groups in total. The van der Waals surface area contributed by atoms with Gasteiger partial charge in [0.05, 0.1) is 19.8 Å². The van der Waals surface area contributed by atoms with Crippen molar-refractivity contribution in [3.63, 3.8) is 0 Å². The molecule has 0 unspecified atom stereocenters. The average Bonchev–Trinajstić information content (AvgIpc) is 2.70.